The van der Waals surface area contributed by atoms with Gasteiger partial charge < -0.3 is 0 Å². The predicted molar refractivity (Wildman–Crippen MR) is 106 cm³/mol. The van der Waals surface area contributed by atoms with Gasteiger partial charge in [-0.1, -0.05) is 66.7 Å². The van der Waals surface area contributed by atoms with Crippen molar-refractivity contribution in [2.45, 2.75) is 112 Å². The summed E-state index contributed by atoms with van der Waals surface area (Å²) in [4.78, 5) is 0. The van der Waals surface area contributed by atoms with Gasteiger partial charge in [0, 0.05) is 0 Å². The Balaban J connectivity index is 1.67. The molecule has 0 bridgehead atoms. The van der Waals surface area contributed by atoms with Crippen LogP contribution in [0.1, 0.15) is 112 Å². The average molecular weight is 333 g/mol. The molecule has 0 radical (unpaired) electrons. The largest absolute Gasteiger partial charge is 0.0654 e. The molecule has 140 valence electrons. The summed E-state index contributed by atoms with van der Waals surface area (Å²) >= 11 is 0. The standard InChI is InChI=1S/C24H44/c1-6-7-8-9-20-10-11-22-19(3)21(14-17-24(20,22)5)23(4)15-12-18(2)13-16-23/h18-22H,6-17H2,1-5H3. The topological polar surface area (TPSA) is 0 Å². The van der Waals surface area contributed by atoms with Gasteiger partial charge in [-0.3, -0.25) is 0 Å². The van der Waals surface area contributed by atoms with Crippen molar-refractivity contribution in [3.05, 3.63) is 0 Å². The van der Waals surface area contributed by atoms with Crippen LogP contribution in [0, 0.1) is 40.4 Å². The molecule has 3 saturated carbocycles. The Labute approximate surface area is 152 Å². The van der Waals surface area contributed by atoms with Gasteiger partial charge in [0.15, 0.2) is 0 Å². The van der Waals surface area contributed by atoms with Crippen LogP contribution < -0.4 is 0 Å². The van der Waals surface area contributed by atoms with Gasteiger partial charge >= 0.3 is 0 Å². The Hall–Kier alpha value is 0. The number of fused-ring (bicyclic) bond motifs is 1. The van der Waals surface area contributed by atoms with Gasteiger partial charge in [0.25, 0.3) is 0 Å². The van der Waals surface area contributed by atoms with Gasteiger partial charge in [-0.05, 0) is 85.4 Å². The molecule has 0 aromatic carbocycles. The highest BCUT2D eigenvalue weighted by molar-refractivity contribution is 5.04. The van der Waals surface area contributed by atoms with Gasteiger partial charge in [0.05, 0.1) is 0 Å². The second-order valence-corrected chi connectivity index (χ2v) is 10.7. The van der Waals surface area contributed by atoms with Gasteiger partial charge in [0.1, 0.15) is 0 Å². The van der Waals surface area contributed by atoms with E-state index in [9.17, 15) is 0 Å². The van der Waals surface area contributed by atoms with Gasteiger partial charge in [-0.25, -0.2) is 0 Å². The van der Waals surface area contributed by atoms with Crippen molar-refractivity contribution in [3.8, 4) is 0 Å². The summed E-state index contributed by atoms with van der Waals surface area (Å²) < 4.78 is 0. The van der Waals surface area contributed by atoms with Crippen LogP contribution >= 0.6 is 0 Å². The molecule has 0 aromatic rings. The van der Waals surface area contributed by atoms with Crippen molar-refractivity contribution in [1.29, 1.82) is 0 Å². The number of rotatable bonds is 5. The summed E-state index contributed by atoms with van der Waals surface area (Å²) in [5.74, 6) is 5.03. The molecule has 5 unspecified atom stereocenters. The van der Waals surface area contributed by atoms with Gasteiger partial charge in [-0.15, -0.1) is 0 Å². The molecule has 0 heterocycles. The molecular weight excluding hydrogens is 288 g/mol. The Morgan fingerprint density at radius 3 is 2.17 bits per heavy atom. The third-order valence-electron chi connectivity index (χ3n) is 9.34. The van der Waals surface area contributed by atoms with Crippen molar-refractivity contribution in [1.82, 2.24) is 0 Å². The first-order valence-electron chi connectivity index (χ1n) is 11.4. The van der Waals surface area contributed by atoms with E-state index < -0.39 is 0 Å². The van der Waals surface area contributed by atoms with Crippen molar-refractivity contribution >= 4 is 0 Å². The van der Waals surface area contributed by atoms with E-state index in [0.717, 1.165) is 29.6 Å². The monoisotopic (exact) mass is 332 g/mol. The summed E-state index contributed by atoms with van der Waals surface area (Å²) in [5.41, 5.74) is 1.34. The molecule has 0 N–H and O–H groups in total. The number of hydrogen-bond donors (Lipinski definition) is 0. The minimum Gasteiger partial charge on any atom is -0.0654 e. The fraction of sp³-hybridized carbons (Fsp3) is 1.00. The lowest BCUT2D eigenvalue weighted by Crippen LogP contribution is -2.46. The molecule has 3 fully saturated rings. The Kier molecular flexibility index (Phi) is 5.73. The van der Waals surface area contributed by atoms with Crippen LogP contribution in [0.4, 0.5) is 0 Å². The van der Waals surface area contributed by atoms with Crippen molar-refractivity contribution in [2.75, 3.05) is 0 Å². The molecule has 0 heteroatoms. The third-order valence-corrected chi connectivity index (χ3v) is 9.34. The Morgan fingerprint density at radius 1 is 0.792 bits per heavy atom. The SMILES string of the molecule is CCCCCC1CCC2C(C)C(C3(C)CCC(C)CC3)CCC12C. The minimum atomic E-state index is 0.660. The van der Waals surface area contributed by atoms with E-state index >= 15 is 0 Å². The average Bonchev–Trinajstić information content (AvgIpc) is 2.89. The highest BCUT2D eigenvalue weighted by Crippen LogP contribution is 2.63. The fourth-order valence-corrected chi connectivity index (χ4v) is 7.50. The van der Waals surface area contributed by atoms with Crippen LogP contribution in [0.3, 0.4) is 0 Å². The van der Waals surface area contributed by atoms with Crippen molar-refractivity contribution in [3.63, 3.8) is 0 Å². The molecule has 0 aliphatic heterocycles. The molecule has 24 heavy (non-hydrogen) atoms. The van der Waals surface area contributed by atoms with Crippen molar-refractivity contribution in [2.24, 2.45) is 40.4 Å². The maximum Gasteiger partial charge on any atom is -0.0266 e. The fourth-order valence-electron chi connectivity index (χ4n) is 7.50. The van der Waals surface area contributed by atoms with E-state index in [1.54, 1.807) is 0 Å². The normalized spacial score (nSPS) is 49.1. The third kappa shape index (κ3) is 3.33. The lowest BCUT2D eigenvalue weighted by atomic mass is 9.51. The molecule has 0 aromatic heterocycles. The summed E-state index contributed by atoms with van der Waals surface area (Å²) in [6, 6.07) is 0. The molecule has 0 spiro atoms. The summed E-state index contributed by atoms with van der Waals surface area (Å²) in [5, 5.41) is 0. The molecule has 0 nitrogen and oxygen atoms in total. The molecular formula is C24H44. The summed E-state index contributed by atoms with van der Waals surface area (Å²) in [6.45, 7) is 12.8. The molecule has 0 saturated heterocycles. The zero-order valence-electron chi connectivity index (χ0n) is 17.4. The first-order chi connectivity index (χ1) is 11.4. The maximum absolute atomic E-state index is 2.69. The van der Waals surface area contributed by atoms with Gasteiger partial charge in [0.2, 0.25) is 0 Å². The number of unbranched alkanes of at least 4 members (excludes halogenated alkanes) is 2. The van der Waals surface area contributed by atoms with E-state index in [4.69, 9.17) is 0 Å². The predicted octanol–water partition coefficient (Wildman–Crippen LogP) is 7.86. The van der Waals surface area contributed by atoms with Crippen LogP contribution in [-0.4, -0.2) is 0 Å². The summed E-state index contributed by atoms with van der Waals surface area (Å²) in [7, 11) is 0. The second-order valence-electron chi connectivity index (χ2n) is 10.7. The maximum atomic E-state index is 2.69. The van der Waals surface area contributed by atoms with Crippen LogP contribution in [0.2, 0.25) is 0 Å². The first kappa shape index (κ1) is 18.8. The zero-order valence-corrected chi connectivity index (χ0v) is 17.4. The van der Waals surface area contributed by atoms with E-state index in [0.29, 0.717) is 10.8 Å². The van der Waals surface area contributed by atoms with Gasteiger partial charge in [-0.2, -0.15) is 0 Å². The molecule has 3 aliphatic rings. The number of hydrogen-bond acceptors (Lipinski definition) is 0. The van der Waals surface area contributed by atoms with E-state index in [1.807, 2.05) is 0 Å². The Bertz CT molecular complexity index is 402. The smallest absolute Gasteiger partial charge is 0.0266 e. The Morgan fingerprint density at radius 2 is 1.50 bits per heavy atom. The highest BCUT2D eigenvalue weighted by Gasteiger charge is 2.55. The second kappa shape index (κ2) is 7.32. The molecule has 0 amide bonds. The first-order valence-corrected chi connectivity index (χ1v) is 11.4. The van der Waals surface area contributed by atoms with Crippen LogP contribution in [0.15, 0.2) is 0 Å². The highest BCUT2D eigenvalue weighted by atomic mass is 14.6. The van der Waals surface area contributed by atoms with Crippen LogP contribution in [0.5, 0.6) is 0 Å². The molecule has 3 rings (SSSR count). The van der Waals surface area contributed by atoms with E-state index in [2.05, 4.69) is 34.6 Å². The quantitative estimate of drug-likeness (QED) is 0.449. The van der Waals surface area contributed by atoms with E-state index in [1.165, 1.54) is 77.0 Å². The lowest BCUT2D eigenvalue weighted by molar-refractivity contribution is -0.0497. The molecule has 5 atom stereocenters. The lowest BCUT2D eigenvalue weighted by Gasteiger charge is -2.54. The van der Waals surface area contributed by atoms with Crippen LogP contribution in [-0.2, 0) is 0 Å². The minimum absolute atomic E-state index is 0.660. The van der Waals surface area contributed by atoms with Crippen LogP contribution in [0.25, 0.3) is 0 Å². The van der Waals surface area contributed by atoms with Crippen molar-refractivity contribution < 1.29 is 0 Å². The molecule has 3 aliphatic carbocycles. The van der Waals surface area contributed by atoms with E-state index in [-0.39, 0.29) is 0 Å². The summed E-state index contributed by atoms with van der Waals surface area (Å²) in [6.07, 6.45) is 18.0. The zero-order chi connectivity index (χ0) is 17.4.